The fourth-order valence-corrected chi connectivity index (χ4v) is 2.53. The van der Waals surface area contributed by atoms with E-state index in [1.54, 1.807) is 0 Å². The second-order valence-corrected chi connectivity index (χ2v) is 4.78. The van der Waals surface area contributed by atoms with E-state index in [0.717, 1.165) is 34.7 Å². The lowest BCUT2D eigenvalue weighted by atomic mass is 10.1. The molecule has 0 amide bonds. The standard InChI is InChI=1S/C16H17N3/c1-3-14-15(12-7-5-4-6-8-12)19-10-13(17)9-11(2)16(19)18-14/h4-10H,3,17H2,1-2H3. The predicted molar refractivity (Wildman–Crippen MR) is 79.2 cm³/mol. The highest BCUT2D eigenvalue weighted by molar-refractivity contribution is 5.70. The Hall–Kier alpha value is -2.29. The molecule has 0 fully saturated rings. The summed E-state index contributed by atoms with van der Waals surface area (Å²) in [5.74, 6) is 0. The molecule has 0 bridgehead atoms. The Balaban J connectivity index is 2.39. The van der Waals surface area contributed by atoms with Crippen LogP contribution >= 0.6 is 0 Å². The van der Waals surface area contributed by atoms with Crippen molar-refractivity contribution < 1.29 is 0 Å². The normalized spacial score (nSPS) is 11.1. The molecular weight excluding hydrogens is 234 g/mol. The maximum absolute atomic E-state index is 5.97. The zero-order chi connectivity index (χ0) is 13.4. The molecular formula is C16H17N3. The molecule has 3 heteroatoms. The van der Waals surface area contributed by atoms with E-state index in [9.17, 15) is 0 Å². The Labute approximate surface area is 112 Å². The number of anilines is 1. The van der Waals surface area contributed by atoms with Crippen molar-refractivity contribution in [2.45, 2.75) is 20.3 Å². The number of aryl methyl sites for hydroxylation is 2. The molecule has 0 aliphatic carbocycles. The summed E-state index contributed by atoms with van der Waals surface area (Å²) in [6.07, 6.45) is 2.86. The summed E-state index contributed by atoms with van der Waals surface area (Å²) >= 11 is 0. The number of nitrogens with two attached hydrogens (primary N) is 1. The van der Waals surface area contributed by atoms with Crippen molar-refractivity contribution in [2.75, 3.05) is 5.73 Å². The van der Waals surface area contributed by atoms with E-state index < -0.39 is 0 Å². The maximum Gasteiger partial charge on any atom is 0.140 e. The number of benzene rings is 1. The van der Waals surface area contributed by atoms with Gasteiger partial charge >= 0.3 is 0 Å². The second-order valence-electron chi connectivity index (χ2n) is 4.78. The molecule has 2 N–H and O–H groups in total. The molecule has 1 aromatic carbocycles. The first-order chi connectivity index (χ1) is 9.20. The summed E-state index contributed by atoms with van der Waals surface area (Å²) in [5.41, 5.74) is 12.3. The van der Waals surface area contributed by atoms with Crippen LogP contribution in [0.5, 0.6) is 0 Å². The summed E-state index contributed by atoms with van der Waals surface area (Å²) in [7, 11) is 0. The average Bonchev–Trinajstić information content (AvgIpc) is 2.78. The highest BCUT2D eigenvalue weighted by Gasteiger charge is 2.14. The van der Waals surface area contributed by atoms with Crippen LogP contribution in [0.2, 0.25) is 0 Å². The molecule has 19 heavy (non-hydrogen) atoms. The Morgan fingerprint density at radius 3 is 2.63 bits per heavy atom. The first kappa shape index (κ1) is 11.8. The summed E-state index contributed by atoms with van der Waals surface area (Å²) < 4.78 is 2.11. The van der Waals surface area contributed by atoms with Gasteiger partial charge in [-0.1, -0.05) is 37.3 Å². The van der Waals surface area contributed by atoms with E-state index in [0.29, 0.717) is 0 Å². The van der Waals surface area contributed by atoms with Crippen LogP contribution < -0.4 is 5.73 Å². The van der Waals surface area contributed by atoms with E-state index in [1.165, 1.54) is 5.56 Å². The summed E-state index contributed by atoms with van der Waals surface area (Å²) in [5, 5.41) is 0. The molecule has 3 aromatic rings. The third-order valence-electron chi connectivity index (χ3n) is 3.38. The van der Waals surface area contributed by atoms with Crippen molar-refractivity contribution in [1.29, 1.82) is 0 Å². The van der Waals surface area contributed by atoms with Crippen molar-refractivity contribution in [3.05, 3.63) is 53.9 Å². The Morgan fingerprint density at radius 1 is 1.21 bits per heavy atom. The van der Waals surface area contributed by atoms with Gasteiger partial charge in [0.25, 0.3) is 0 Å². The quantitative estimate of drug-likeness (QED) is 0.758. The first-order valence-electron chi connectivity index (χ1n) is 6.53. The highest BCUT2D eigenvalue weighted by atomic mass is 15.0. The minimum Gasteiger partial charge on any atom is -0.398 e. The van der Waals surface area contributed by atoms with Crippen LogP contribution in [0.25, 0.3) is 16.9 Å². The second kappa shape index (κ2) is 4.43. The number of aromatic nitrogens is 2. The Kier molecular flexibility index (Phi) is 2.75. The van der Waals surface area contributed by atoms with Crippen molar-refractivity contribution in [3.63, 3.8) is 0 Å². The molecule has 96 valence electrons. The lowest BCUT2D eigenvalue weighted by Gasteiger charge is -2.06. The zero-order valence-electron chi connectivity index (χ0n) is 11.2. The Bertz CT molecular complexity index is 727. The van der Waals surface area contributed by atoms with Crippen molar-refractivity contribution in [2.24, 2.45) is 0 Å². The van der Waals surface area contributed by atoms with Crippen LogP contribution in [0, 0.1) is 6.92 Å². The molecule has 0 radical (unpaired) electrons. The van der Waals surface area contributed by atoms with Gasteiger partial charge < -0.3 is 5.73 Å². The molecule has 0 aliphatic heterocycles. The van der Waals surface area contributed by atoms with Crippen LogP contribution in [0.4, 0.5) is 5.69 Å². The molecule has 2 aromatic heterocycles. The lowest BCUT2D eigenvalue weighted by molar-refractivity contribution is 1.07. The van der Waals surface area contributed by atoms with Crippen LogP contribution in [-0.4, -0.2) is 9.38 Å². The van der Waals surface area contributed by atoms with E-state index in [2.05, 4.69) is 23.5 Å². The fraction of sp³-hybridized carbons (Fsp3) is 0.188. The van der Waals surface area contributed by atoms with Gasteiger partial charge in [-0.25, -0.2) is 4.98 Å². The molecule has 0 spiro atoms. The summed E-state index contributed by atoms with van der Waals surface area (Å²) in [6, 6.07) is 12.3. The van der Waals surface area contributed by atoms with Gasteiger partial charge in [0.05, 0.1) is 11.4 Å². The topological polar surface area (TPSA) is 43.3 Å². The van der Waals surface area contributed by atoms with Crippen LogP contribution in [0.1, 0.15) is 18.2 Å². The van der Waals surface area contributed by atoms with E-state index in [4.69, 9.17) is 10.7 Å². The van der Waals surface area contributed by atoms with Crippen LogP contribution in [0.15, 0.2) is 42.6 Å². The van der Waals surface area contributed by atoms with Gasteiger partial charge in [-0.3, -0.25) is 4.40 Å². The third-order valence-corrected chi connectivity index (χ3v) is 3.38. The number of pyridine rings is 1. The number of fused-ring (bicyclic) bond motifs is 1. The molecule has 3 rings (SSSR count). The molecule has 0 unspecified atom stereocenters. The molecule has 0 saturated carbocycles. The number of hydrogen-bond donors (Lipinski definition) is 1. The van der Waals surface area contributed by atoms with Gasteiger partial charge in [0, 0.05) is 17.4 Å². The predicted octanol–water partition coefficient (Wildman–Crippen LogP) is 3.45. The fourth-order valence-electron chi connectivity index (χ4n) is 2.53. The van der Waals surface area contributed by atoms with Gasteiger partial charge in [-0.2, -0.15) is 0 Å². The van der Waals surface area contributed by atoms with Gasteiger partial charge in [0.2, 0.25) is 0 Å². The zero-order valence-corrected chi connectivity index (χ0v) is 11.2. The minimum absolute atomic E-state index is 0.766. The molecule has 2 heterocycles. The lowest BCUT2D eigenvalue weighted by Crippen LogP contribution is -1.95. The largest absolute Gasteiger partial charge is 0.398 e. The van der Waals surface area contributed by atoms with Crippen molar-refractivity contribution >= 4 is 11.3 Å². The maximum atomic E-state index is 5.97. The number of hydrogen-bond acceptors (Lipinski definition) is 2. The van der Waals surface area contributed by atoms with Crippen molar-refractivity contribution in [1.82, 2.24) is 9.38 Å². The third kappa shape index (κ3) is 1.87. The van der Waals surface area contributed by atoms with Gasteiger partial charge in [-0.15, -0.1) is 0 Å². The first-order valence-corrected chi connectivity index (χ1v) is 6.53. The minimum atomic E-state index is 0.766. The van der Waals surface area contributed by atoms with Gasteiger partial charge in [0.1, 0.15) is 5.65 Å². The van der Waals surface area contributed by atoms with Crippen molar-refractivity contribution in [3.8, 4) is 11.3 Å². The van der Waals surface area contributed by atoms with Crippen LogP contribution in [-0.2, 0) is 6.42 Å². The smallest absolute Gasteiger partial charge is 0.140 e. The average molecular weight is 251 g/mol. The molecule has 0 atom stereocenters. The summed E-state index contributed by atoms with van der Waals surface area (Å²) in [6.45, 7) is 4.18. The molecule has 3 nitrogen and oxygen atoms in total. The highest BCUT2D eigenvalue weighted by Crippen LogP contribution is 2.27. The van der Waals surface area contributed by atoms with Gasteiger partial charge in [-0.05, 0) is 25.0 Å². The van der Waals surface area contributed by atoms with Crippen LogP contribution in [0.3, 0.4) is 0 Å². The van der Waals surface area contributed by atoms with Gasteiger partial charge in [0.15, 0.2) is 0 Å². The van der Waals surface area contributed by atoms with E-state index in [-0.39, 0.29) is 0 Å². The summed E-state index contributed by atoms with van der Waals surface area (Å²) in [4.78, 5) is 4.76. The number of nitrogen functional groups attached to an aromatic ring is 1. The monoisotopic (exact) mass is 251 g/mol. The number of rotatable bonds is 2. The molecule has 0 saturated heterocycles. The van der Waals surface area contributed by atoms with E-state index >= 15 is 0 Å². The van der Waals surface area contributed by atoms with E-state index in [1.807, 2.05) is 37.4 Å². The SMILES string of the molecule is CCc1nc2c(C)cc(N)cn2c1-c1ccccc1. The molecule has 0 aliphatic rings. The number of nitrogens with zero attached hydrogens (tertiary/aromatic N) is 2. The Morgan fingerprint density at radius 2 is 1.95 bits per heavy atom. The number of imidazole rings is 1.